The first-order chi connectivity index (χ1) is 7.00. The van der Waals surface area contributed by atoms with Gasteiger partial charge in [0, 0.05) is 17.6 Å². The summed E-state index contributed by atoms with van der Waals surface area (Å²) in [5.41, 5.74) is 0.258. The van der Waals surface area contributed by atoms with E-state index in [0.29, 0.717) is 10.7 Å². The smallest absolute Gasteiger partial charge is 0.292 e. The van der Waals surface area contributed by atoms with Crippen LogP contribution in [-0.4, -0.2) is 22.7 Å². The average Bonchev–Trinajstić information content (AvgIpc) is 2.14. The highest BCUT2D eigenvalue weighted by Crippen LogP contribution is 2.27. The van der Waals surface area contributed by atoms with E-state index < -0.39 is 11.0 Å². The topological polar surface area (TPSA) is 75.4 Å². The summed E-state index contributed by atoms with van der Waals surface area (Å²) < 4.78 is 0. The number of hydrogen-bond acceptors (Lipinski definition) is 4. The quantitative estimate of drug-likeness (QED) is 0.613. The van der Waals surface area contributed by atoms with Gasteiger partial charge in [-0.1, -0.05) is 11.6 Å². The van der Waals surface area contributed by atoms with Crippen molar-refractivity contribution in [3.8, 4) is 0 Å². The molecule has 0 aliphatic carbocycles. The van der Waals surface area contributed by atoms with Gasteiger partial charge in [-0.25, -0.2) is 0 Å². The highest BCUT2D eigenvalue weighted by atomic mass is 35.5. The lowest BCUT2D eigenvalue weighted by molar-refractivity contribution is -0.384. The number of nitrogens with zero attached hydrogens (tertiary/aromatic N) is 1. The van der Waals surface area contributed by atoms with Crippen LogP contribution in [0.15, 0.2) is 18.2 Å². The molecule has 6 heteroatoms. The molecule has 0 radical (unpaired) electrons. The Bertz CT molecular complexity index is 368. The number of aliphatic hydroxyl groups is 1. The van der Waals surface area contributed by atoms with Gasteiger partial charge in [0.15, 0.2) is 0 Å². The summed E-state index contributed by atoms with van der Waals surface area (Å²) in [5.74, 6) is 0. The number of aliphatic hydroxyl groups excluding tert-OH is 1. The number of nitrogens with one attached hydrogen (secondary N) is 1. The maximum atomic E-state index is 10.6. The summed E-state index contributed by atoms with van der Waals surface area (Å²) in [6.07, 6.45) is -0.580. The first-order valence-electron chi connectivity index (χ1n) is 4.36. The van der Waals surface area contributed by atoms with E-state index in [1.54, 1.807) is 6.92 Å². The van der Waals surface area contributed by atoms with E-state index in [1.807, 2.05) is 0 Å². The Labute approximate surface area is 91.8 Å². The molecule has 1 aromatic rings. The van der Waals surface area contributed by atoms with Crippen LogP contribution in [0.4, 0.5) is 11.4 Å². The summed E-state index contributed by atoms with van der Waals surface area (Å²) in [6, 6.07) is 4.24. The third-order valence-corrected chi connectivity index (χ3v) is 1.98. The zero-order valence-electron chi connectivity index (χ0n) is 8.11. The van der Waals surface area contributed by atoms with Crippen molar-refractivity contribution >= 4 is 23.0 Å². The highest BCUT2D eigenvalue weighted by Gasteiger charge is 2.13. The van der Waals surface area contributed by atoms with Crippen molar-refractivity contribution in [2.24, 2.45) is 0 Å². The number of nitro benzene ring substituents is 1. The van der Waals surface area contributed by atoms with Crippen LogP contribution in [0.25, 0.3) is 0 Å². The van der Waals surface area contributed by atoms with E-state index in [2.05, 4.69) is 5.32 Å². The van der Waals surface area contributed by atoms with Gasteiger partial charge < -0.3 is 10.4 Å². The van der Waals surface area contributed by atoms with Gasteiger partial charge in [0.2, 0.25) is 0 Å². The van der Waals surface area contributed by atoms with Gasteiger partial charge >= 0.3 is 0 Å². The van der Waals surface area contributed by atoms with Crippen LogP contribution in [0.3, 0.4) is 0 Å². The van der Waals surface area contributed by atoms with Crippen molar-refractivity contribution in [2.45, 2.75) is 13.0 Å². The van der Waals surface area contributed by atoms with Crippen molar-refractivity contribution in [1.82, 2.24) is 0 Å². The molecule has 15 heavy (non-hydrogen) atoms. The molecule has 0 amide bonds. The second kappa shape index (κ2) is 4.95. The van der Waals surface area contributed by atoms with E-state index in [0.717, 1.165) is 0 Å². The van der Waals surface area contributed by atoms with Crippen molar-refractivity contribution in [2.75, 3.05) is 11.9 Å². The maximum absolute atomic E-state index is 10.6. The molecule has 0 aliphatic rings. The van der Waals surface area contributed by atoms with Crippen LogP contribution in [0.1, 0.15) is 6.92 Å². The average molecular weight is 231 g/mol. The molecule has 0 heterocycles. The number of anilines is 1. The van der Waals surface area contributed by atoms with Gasteiger partial charge in [-0.3, -0.25) is 10.1 Å². The molecule has 2 N–H and O–H groups in total. The summed E-state index contributed by atoms with van der Waals surface area (Å²) in [7, 11) is 0. The Hall–Kier alpha value is -1.33. The Morgan fingerprint density at radius 1 is 1.67 bits per heavy atom. The van der Waals surface area contributed by atoms with Crippen molar-refractivity contribution in [3.63, 3.8) is 0 Å². The molecule has 82 valence electrons. The van der Waals surface area contributed by atoms with Gasteiger partial charge in [-0.05, 0) is 19.1 Å². The van der Waals surface area contributed by atoms with Crippen molar-refractivity contribution < 1.29 is 10.0 Å². The van der Waals surface area contributed by atoms with Gasteiger partial charge in [0.05, 0.1) is 11.0 Å². The first-order valence-corrected chi connectivity index (χ1v) is 4.74. The van der Waals surface area contributed by atoms with E-state index >= 15 is 0 Å². The van der Waals surface area contributed by atoms with Crippen molar-refractivity contribution in [1.29, 1.82) is 0 Å². The molecular weight excluding hydrogens is 220 g/mol. The zero-order chi connectivity index (χ0) is 11.4. The third kappa shape index (κ3) is 3.38. The van der Waals surface area contributed by atoms with Crippen LogP contribution in [0, 0.1) is 10.1 Å². The summed E-state index contributed by atoms with van der Waals surface area (Å²) in [4.78, 5) is 10.1. The Morgan fingerprint density at radius 3 is 2.87 bits per heavy atom. The Kier molecular flexibility index (Phi) is 3.88. The normalized spacial score (nSPS) is 12.2. The number of halogens is 1. The van der Waals surface area contributed by atoms with Gasteiger partial charge in [-0.15, -0.1) is 0 Å². The molecule has 0 saturated carbocycles. The second-order valence-electron chi connectivity index (χ2n) is 3.15. The van der Waals surface area contributed by atoms with Crippen LogP contribution in [0.2, 0.25) is 5.02 Å². The molecule has 0 saturated heterocycles. The molecule has 0 aromatic heterocycles. The largest absolute Gasteiger partial charge is 0.392 e. The van der Waals surface area contributed by atoms with E-state index in [-0.39, 0.29) is 12.2 Å². The first kappa shape index (κ1) is 11.7. The van der Waals surface area contributed by atoms with E-state index in [9.17, 15) is 10.1 Å². The number of hydrogen-bond donors (Lipinski definition) is 2. The van der Waals surface area contributed by atoms with Crippen LogP contribution >= 0.6 is 11.6 Å². The van der Waals surface area contributed by atoms with Crippen LogP contribution in [-0.2, 0) is 0 Å². The lowest BCUT2D eigenvalue weighted by Crippen LogP contribution is -2.16. The number of benzene rings is 1. The minimum absolute atomic E-state index is 0.0555. The molecule has 0 spiro atoms. The summed E-state index contributed by atoms with van der Waals surface area (Å²) >= 11 is 5.71. The Balaban J connectivity index is 2.92. The van der Waals surface area contributed by atoms with E-state index in [4.69, 9.17) is 16.7 Å². The number of rotatable bonds is 4. The SMILES string of the molecule is C[C@H](O)CNc1cc(Cl)ccc1[N+](=O)[O-]. The van der Waals surface area contributed by atoms with E-state index in [1.165, 1.54) is 18.2 Å². The highest BCUT2D eigenvalue weighted by molar-refractivity contribution is 6.31. The van der Waals surface area contributed by atoms with Gasteiger partial charge in [0.1, 0.15) is 5.69 Å². The minimum Gasteiger partial charge on any atom is -0.392 e. The maximum Gasteiger partial charge on any atom is 0.292 e. The minimum atomic E-state index is -0.580. The summed E-state index contributed by atoms with van der Waals surface area (Å²) in [5, 5.41) is 22.9. The third-order valence-electron chi connectivity index (χ3n) is 1.74. The predicted octanol–water partition coefficient (Wildman–Crippen LogP) is 2.04. The van der Waals surface area contributed by atoms with Crippen LogP contribution < -0.4 is 5.32 Å². The van der Waals surface area contributed by atoms with Crippen LogP contribution in [0.5, 0.6) is 0 Å². The molecular formula is C9H11ClN2O3. The summed E-state index contributed by atoms with van der Waals surface area (Å²) in [6.45, 7) is 1.82. The fourth-order valence-electron chi connectivity index (χ4n) is 1.07. The molecule has 1 atom stereocenters. The second-order valence-corrected chi connectivity index (χ2v) is 3.58. The standard InChI is InChI=1S/C9H11ClN2O3/c1-6(13)5-11-8-4-7(10)2-3-9(8)12(14)15/h2-4,6,11,13H,5H2,1H3/t6-/m0/s1. The van der Waals surface area contributed by atoms with Gasteiger partial charge in [-0.2, -0.15) is 0 Å². The molecule has 0 fully saturated rings. The monoisotopic (exact) mass is 230 g/mol. The molecule has 0 aliphatic heterocycles. The predicted molar refractivity (Wildman–Crippen MR) is 58.3 cm³/mol. The molecule has 0 unspecified atom stereocenters. The van der Waals surface area contributed by atoms with Crippen molar-refractivity contribution in [3.05, 3.63) is 33.3 Å². The Morgan fingerprint density at radius 2 is 2.33 bits per heavy atom. The molecule has 0 bridgehead atoms. The van der Waals surface area contributed by atoms with Gasteiger partial charge in [0.25, 0.3) is 5.69 Å². The molecule has 5 nitrogen and oxygen atoms in total. The fraction of sp³-hybridized carbons (Fsp3) is 0.333. The fourth-order valence-corrected chi connectivity index (χ4v) is 1.24. The molecule has 1 rings (SSSR count). The molecule has 1 aromatic carbocycles. The lowest BCUT2D eigenvalue weighted by atomic mass is 10.2. The lowest BCUT2D eigenvalue weighted by Gasteiger charge is -2.08. The number of nitro groups is 1. The zero-order valence-corrected chi connectivity index (χ0v) is 8.86.